The maximum atomic E-state index is 12.8. The lowest BCUT2D eigenvalue weighted by Crippen LogP contribution is -2.11. The summed E-state index contributed by atoms with van der Waals surface area (Å²) in [6.07, 6.45) is 1.06. The van der Waals surface area contributed by atoms with Crippen molar-refractivity contribution in [1.29, 1.82) is 0 Å². The van der Waals surface area contributed by atoms with Gasteiger partial charge in [0, 0.05) is 12.2 Å². The molecule has 0 spiro atoms. The second-order valence-corrected chi connectivity index (χ2v) is 4.09. The van der Waals surface area contributed by atoms with E-state index < -0.39 is 5.82 Å². The van der Waals surface area contributed by atoms with Gasteiger partial charge in [0.2, 0.25) is 5.88 Å². The third kappa shape index (κ3) is 5.10. The SMILES string of the molecule is CC(C)COCCOc1ncc(F)cc1CO. The quantitative estimate of drug-likeness (QED) is 0.741. The third-order valence-corrected chi connectivity index (χ3v) is 1.98. The first-order valence-corrected chi connectivity index (χ1v) is 5.59. The summed E-state index contributed by atoms with van der Waals surface area (Å²) in [5, 5.41) is 9.00. The Kier molecular flexibility index (Phi) is 5.86. The first-order chi connectivity index (χ1) is 8.13. The fraction of sp³-hybridized carbons (Fsp3) is 0.583. The number of halogens is 1. The summed E-state index contributed by atoms with van der Waals surface area (Å²) in [4.78, 5) is 3.77. The number of rotatable bonds is 7. The van der Waals surface area contributed by atoms with Gasteiger partial charge in [-0.25, -0.2) is 9.37 Å². The van der Waals surface area contributed by atoms with Crippen LogP contribution in [0.15, 0.2) is 12.3 Å². The topological polar surface area (TPSA) is 51.6 Å². The van der Waals surface area contributed by atoms with Gasteiger partial charge in [-0.3, -0.25) is 0 Å². The Morgan fingerprint density at radius 1 is 1.41 bits per heavy atom. The zero-order valence-electron chi connectivity index (χ0n) is 10.1. The molecule has 1 aromatic heterocycles. The zero-order chi connectivity index (χ0) is 12.7. The fourth-order valence-corrected chi connectivity index (χ4v) is 1.23. The molecule has 17 heavy (non-hydrogen) atoms. The van der Waals surface area contributed by atoms with Crippen LogP contribution in [0.1, 0.15) is 19.4 Å². The summed E-state index contributed by atoms with van der Waals surface area (Å²) in [6, 6.07) is 1.21. The Morgan fingerprint density at radius 2 is 2.18 bits per heavy atom. The van der Waals surface area contributed by atoms with Crippen molar-refractivity contribution >= 4 is 0 Å². The molecular formula is C12H18FNO3. The number of hydrogen-bond acceptors (Lipinski definition) is 4. The maximum absolute atomic E-state index is 12.8. The molecule has 5 heteroatoms. The van der Waals surface area contributed by atoms with Crippen LogP contribution in [0.5, 0.6) is 5.88 Å². The van der Waals surface area contributed by atoms with Crippen LogP contribution in [-0.4, -0.2) is 29.9 Å². The van der Waals surface area contributed by atoms with Gasteiger partial charge < -0.3 is 14.6 Å². The van der Waals surface area contributed by atoms with Crippen LogP contribution in [0.4, 0.5) is 4.39 Å². The normalized spacial score (nSPS) is 10.9. The maximum Gasteiger partial charge on any atom is 0.219 e. The predicted molar refractivity (Wildman–Crippen MR) is 61.3 cm³/mol. The number of pyridine rings is 1. The highest BCUT2D eigenvalue weighted by Crippen LogP contribution is 2.15. The smallest absolute Gasteiger partial charge is 0.219 e. The molecule has 0 amide bonds. The standard InChI is InChI=1S/C12H18FNO3/c1-9(2)8-16-3-4-17-12-10(7-15)5-11(13)6-14-12/h5-6,9,15H,3-4,7-8H2,1-2H3. The van der Waals surface area contributed by atoms with Gasteiger partial charge >= 0.3 is 0 Å². The monoisotopic (exact) mass is 243 g/mol. The predicted octanol–water partition coefficient (Wildman–Crippen LogP) is 1.76. The second kappa shape index (κ2) is 7.19. The molecule has 1 heterocycles. The van der Waals surface area contributed by atoms with Crippen molar-refractivity contribution in [1.82, 2.24) is 4.98 Å². The molecule has 0 saturated carbocycles. The molecule has 96 valence electrons. The number of aliphatic hydroxyl groups is 1. The minimum absolute atomic E-state index is 0.252. The molecule has 0 saturated heterocycles. The third-order valence-electron chi connectivity index (χ3n) is 1.98. The van der Waals surface area contributed by atoms with Crippen molar-refractivity contribution in [3.8, 4) is 5.88 Å². The highest BCUT2D eigenvalue weighted by molar-refractivity contribution is 5.25. The van der Waals surface area contributed by atoms with E-state index in [-0.39, 0.29) is 12.5 Å². The minimum atomic E-state index is -0.488. The summed E-state index contributed by atoms with van der Waals surface area (Å²) >= 11 is 0. The first-order valence-electron chi connectivity index (χ1n) is 5.59. The van der Waals surface area contributed by atoms with Crippen molar-refractivity contribution in [2.24, 2.45) is 5.92 Å². The molecule has 4 nitrogen and oxygen atoms in total. The fourth-order valence-electron chi connectivity index (χ4n) is 1.23. The lowest BCUT2D eigenvalue weighted by Gasteiger charge is -2.10. The number of aromatic nitrogens is 1. The lowest BCUT2D eigenvalue weighted by molar-refractivity contribution is 0.0797. The summed E-state index contributed by atoms with van der Waals surface area (Å²) in [7, 11) is 0. The summed E-state index contributed by atoms with van der Waals surface area (Å²) < 4.78 is 23.4. The van der Waals surface area contributed by atoms with Gasteiger partial charge in [0.1, 0.15) is 12.4 Å². The molecule has 1 rings (SSSR count). The van der Waals surface area contributed by atoms with Gasteiger partial charge in [0.15, 0.2) is 0 Å². The largest absolute Gasteiger partial charge is 0.475 e. The van der Waals surface area contributed by atoms with E-state index in [0.29, 0.717) is 31.3 Å². The van der Waals surface area contributed by atoms with Gasteiger partial charge in [-0.05, 0) is 12.0 Å². The molecule has 0 atom stereocenters. The van der Waals surface area contributed by atoms with Crippen molar-refractivity contribution in [3.05, 3.63) is 23.6 Å². The molecule has 1 aromatic rings. The minimum Gasteiger partial charge on any atom is -0.475 e. The van der Waals surface area contributed by atoms with Crippen LogP contribution >= 0.6 is 0 Å². The number of aliphatic hydroxyl groups excluding tert-OH is 1. The van der Waals surface area contributed by atoms with Gasteiger partial charge in [0.05, 0.1) is 19.4 Å². The molecule has 1 N–H and O–H groups in total. The van der Waals surface area contributed by atoms with Gasteiger partial charge in [-0.15, -0.1) is 0 Å². The first kappa shape index (κ1) is 13.9. The second-order valence-electron chi connectivity index (χ2n) is 4.09. The zero-order valence-corrected chi connectivity index (χ0v) is 10.1. The number of hydrogen-bond donors (Lipinski definition) is 1. The Balaban J connectivity index is 2.36. The van der Waals surface area contributed by atoms with Crippen molar-refractivity contribution in [3.63, 3.8) is 0 Å². The average Bonchev–Trinajstić information content (AvgIpc) is 2.29. The Labute approximate surface area is 100 Å². The average molecular weight is 243 g/mol. The van der Waals surface area contributed by atoms with E-state index in [2.05, 4.69) is 18.8 Å². The number of nitrogens with zero attached hydrogens (tertiary/aromatic N) is 1. The van der Waals surface area contributed by atoms with Crippen LogP contribution in [0.2, 0.25) is 0 Å². The highest BCUT2D eigenvalue weighted by Gasteiger charge is 2.06. The molecule has 0 radical (unpaired) electrons. The molecule has 0 fully saturated rings. The van der Waals surface area contributed by atoms with Gasteiger partial charge in [-0.2, -0.15) is 0 Å². The number of ether oxygens (including phenoxy) is 2. The van der Waals surface area contributed by atoms with Crippen LogP contribution < -0.4 is 4.74 Å². The molecule has 0 aliphatic rings. The summed E-state index contributed by atoms with van der Waals surface area (Å²) in [5.41, 5.74) is 0.342. The van der Waals surface area contributed by atoms with Crippen LogP contribution in [0.25, 0.3) is 0 Å². The van der Waals surface area contributed by atoms with E-state index >= 15 is 0 Å². The van der Waals surface area contributed by atoms with Crippen LogP contribution in [0.3, 0.4) is 0 Å². The molecule has 0 unspecified atom stereocenters. The molecule has 0 bridgehead atoms. The van der Waals surface area contributed by atoms with E-state index in [1.54, 1.807) is 0 Å². The van der Waals surface area contributed by atoms with Gasteiger partial charge in [0.25, 0.3) is 0 Å². The Morgan fingerprint density at radius 3 is 2.82 bits per heavy atom. The molecular weight excluding hydrogens is 225 g/mol. The molecule has 0 aliphatic heterocycles. The van der Waals surface area contributed by atoms with Crippen molar-refractivity contribution in [2.45, 2.75) is 20.5 Å². The lowest BCUT2D eigenvalue weighted by atomic mass is 10.2. The Bertz CT molecular complexity index is 345. The van der Waals surface area contributed by atoms with Gasteiger partial charge in [-0.1, -0.05) is 13.8 Å². The van der Waals surface area contributed by atoms with Crippen LogP contribution in [-0.2, 0) is 11.3 Å². The van der Waals surface area contributed by atoms with E-state index in [9.17, 15) is 4.39 Å². The van der Waals surface area contributed by atoms with E-state index in [1.165, 1.54) is 6.07 Å². The molecule has 0 aromatic carbocycles. The van der Waals surface area contributed by atoms with Crippen LogP contribution in [0, 0.1) is 11.7 Å². The Hall–Kier alpha value is -1.20. The van der Waals surface area contributed by atoms with E-state index in [4.69, 9.17) is 14.6 Å². The van der Waals surface area contributed by atoms with E-state index in [0.717, 1.165) is 6.20 Å². The molecule has 0 aliphatic carbocycles. The summed E-state index contributed by atoms with van der Waals surface area (Å²) in [5.74, 6) is 0.242. The van der Waals surface area contributed by atoms with E-state index in [1.807, 2.05) is 0 Å². The van der Waals surface area contributed by atoms with Crippen molar-refractivity contribution < 1.29 is 19.0 Å². The van der Waals surface area contributed by atoms with Crippen molar-refractivity contribution in [2.75, 3.05) is 19.8 Å². The summed E-state index contributed by atoms with van der Waals surface area (Å²) in [6.45, 7) is 5.28. The highest BCUT2D eigenvalue weighted by atomic mass is 19.1.